The first-order chi connectivity index (χ1) is 15.9. The van der Waals surface area contributed by atoms with Crippen LogP contribution in [0.15, 0.2) is 66.7 Å². The van der Waals surface area contributed by atoms with Gasteiger partial charge in [0.25, 0.3) is 0 Å². The first kappa shape index (κ1) is 23.9. The molecule has 0 bridgehead atoms. The maximum Gasteiger partial charge on any atom is 0.316 e. The van der Waals surface area contributed by atoms with Crippen molar-refractivity contribution in [3.8, 4) is 17.2 Å². The highest BCUT2D eigenvalue weighted by Crippen LogP contribution is 2.29. The Morgan fingerprint density at radius 1 is 0.879 bits per heavy atom. The molecule has 0 fully saturated rings. The number of primary amides is 1. The normalized spacial score (nSPS) is 11.8. The Balaban J connectivity index is 1.73. The van der Waals surface area contributed by atoms with Gasteiger partial charge < -0.3 is 36.1 Å². The number of phenols is 1. The van der Waals surface area contributed by atoms with Gasteiger partial charge in [-0.2, -0.15) is 0 Å². The van der Waals surface area contributed by atoms with E-state index >= 15 is 0 Å². The van der Waals surface area contributed by atoms with E-state index in [-0.39, 0.29) is 23.9 Å². The van der Waals surface area contributed by atoms with Crippen LogP contribution < -0.4 is 25.8 Å². The Bertz CT molecular complexity index is 1010. The summed E-state index contributed by atoms with van der Waals surface area (Å²) in [5, 5.41) is 26.2. The molecule has 8 nitrogen and oxygen atoms in total. The van der Waals surface area contributed by atoms with E-state index in [1.54, 1.807) is 20.3 Å². The van der Waals surface area contributed by atoms with Gasteiger partial charge in [0, 0.05) is 19.0 Å². The zero-order valence-electron chi connectivity index (χ0n) is 18.6. The van der Waals surface area contributed by atoms with Crippen molar-refractivity contribution in [3.05, 3.63) is 83.4 Å². The Morgan fingerprint density at radius 3 is 1.88 bits per heavy atom. The number of urea groups is 1. The van der Waals surface area contributed by atoms with Crippen LogP contribution in [-0.4, -0.2) is 43.6 Å². The molecule has 33 heavy (non-hydrogen) atoms. The van der Waals surface area contributed by atoms with Crippen molar-refractivity contribution in [1.29, 1.82) is 0 Å². The average molecular weight is 452 g/mol. The van der Waals surface area contributed by atoms with Crippen LogP contribution in [0.4, 0.5) is 10.5 Å². The van der Waals surface area contributed by atoms with Gasteiger partial charge in [0.1, 0.15) is 17.2 Å². The van der Waals surface area contributed by atoms with E-state index in [4.69, 9.17) is 15.2 Å². The molecule has 6 N–H and O–H groups in total. The molecule has 0 aliphatic rings. The fourth-order valence-electron chi connectivity index (χ4n) is 3.58. The summed E-state index contributed by atoms with van der Waals surface area (Å²) in [6.45, 7) is 0.837. The van der Waals surface area contributed by atoms with Crippen molar-refractivity contribution < 1.29 is 24.5 Å². The highest BCUT2D eigenvalue weighted by molar-refractivity contribution is 5.89. The van der Waals surface area contributed by atoms with Crippen molar-refractivity contribution >= 4 is 11.7 Å². The smallest absolute Gasteiger partial charge is 0.316 e. The van der Waals surface area contributed by atoms with E-state index in [9.17, 15) is 15.0 Å². The molecule has 0 saturated carbocycles. The van der Waals surface area contributed by atoms with Gasteiger partial charge in [0.15, 0.2) is 0 Å². The van der Waals surface area contributed by atoms with E-state index in [1.165, 1.54) is 12.1 Å². The van der Waals surface area contributed by atoms with E-state index in [1.807, 2.05) is 48.5 Å². The highest BCUT2D eigenvalue weighted by atomic mass is 16.5. The largest absolute Gasteiger partial charge is 0.506 e. The standard InChI is InChI=1S/C25H29N3O5/c1-32-19-8-3-16(4-9-19)21(17-5-10-20(33-2)11-6-17)14-27-15-24(30)18-7-12-23(29)22(13-18)28-25(26)31/h3-13,21,24,27,29-30H,14-15H2,1-2H3,(H3,26,28,31)/t24-/m0/s1. The number of aromatic hydroxyl groups is 1. The number of phenolic OH excluding ortho intramolecular Hbond substituents is 1. The van der Waals surface area contributed by atoms with Crippen LogP contribution in [0.1, 0.15) is 28.7 Å². The molecular weight excluding hydrogens is 422 g/mol. The fourth-order valence-corrected chi connectivity index (χ4v) is 3.58. The second kappa shape index (κ2) is 11.2. The van der Waals surface area contributed by atoms with E-state index in [0.717, 1.165) is 22.6 Å². The van der Waals surface area contributed by atoms with Crippen molar-refractivity contribution in [2.45, 2.75) is 12.0 Å². The number of nitrogens with one attached hydrogen (secondary N) is 2. The van der Waals surface area contributed by atoms with Crippen LogP contribution >= 0.6 is 0 Å². The van der Waals surface area contributed by atoms with Gasteiger partial charge >= 0.3 is 6.03 Å². The van der Waals surface area contributed by atoms with E-state index in [0.29, 0.717) is 12.1 Å². The minimum atomic E-state index is -0.855. The van der Waals surface area contributed by atoms with Crippen LogP contribution in [-0.2, 0) is 0 Å². The van der Waals surface area contributed by atoms with Gasteiger partial charge in [-0.15, -0.1) is 0 Å². The summed E-state index contributed by atoms with van der Waals surface area (Å²) >= 11 is 0. The number of hydrogen-bond donors (Lipinski definition) is 5. The molecule has 0 aromatic heterocycles. The third kappa shape index (κ3) is 6.38. The highest BCUT2D eigenvalue weighted by Gasteiger charge is 2.17. The molecule has 1 atom stereocenters. The summed E-state index contributed by atoms with van der Waals surface area (Å²) in [6.07, 6.45) is -0.855. The Kier molecular flexibility index (Phi) is 8.12. The van der Waals surface area contributed by atoms with Crippen LogP contribution in [0.5, 0.6) is 17.2 Å². The molecule has 0 spiro atoms. The summed E-state index contributed by atoms with van der Waals surface area (Å²) in [4.78, 5) is 11.1. The first-order valence-electron chi connectivity index (χ1n) is 10.5. The van der Waals surface area contributed by atoms with Crippen molar-refractivity contribution in [3.63, 3.8) is 0 Å². The lowest BCUT2D eigenvalue weighted by molar-refractivity contribution is 0.174. The molecule has 0 aliphatic heterocycles. The average Bonchev–Trinajstić information content (AvgIpc) is 2.83. The lowest BCUT2D eigenvalue weighted by atomic mass is 9.91. The summed E-state index contributed by atoms with van der Waals surface area (Å²) < 4.78 is 10.5. The number of aliphatic hydroxyl groups is 1. The summed E-state index contributed by atoms with van der Waals surface area (Å²) in [5.41, 5.74) is 8.01. The molecule has 3 rings (SSSR count). The predicted octanol–water partition coefficient (Wildman–Crippen LogP) is 3.36. The molecular formula is C25H29N3O5. The van der Waals surface area contributed by atoms with Gasteiger partial charge in [-0.05, 0) is 53.1 Å². The van der Waals surface area contributed by atoms with Crippen molar-refractivity contribution in [1.82, 2.24) is 5.32 Å². The molecule has 3 aromatic rings. The maximum atomic E-state index is 11.1. The Hall–Kier alpha value is -3.75. The van der Waals surface area contributed by atoms with Gasteiger partial charge in [-0.25, -0.2) is 4.79 Å². The molecule has 0 radical (unpaired) electrons. The second-order valence-electron chi connectivity index (χ2n) is 7.54. The quantitative estimate of drug-likeness (QED) is 0.301. The van der Waals surface area contributed by atoms with Crippen LogP contribution in [0, 0.1) is 0 Å². The number of rotatable bonds is 10. The number of carbonyl (C=O) groups excluding carboxylic acids is 1. The minimum absolute atomic E-state index is 0.0286. The summed E-state index contributed by atoms with van der Waals surface area (Å²) in [7, 11) is 3.26. The number of aliphatic hydroxyl groups excluding tert-OH is 1. The van der Waals surface area contributed by atoms with Gasteiger partial charge in [0.05, 0.1) is 26.0 Å². The molecule has 0 aliphatic carbocycles. The molecule has 174 valence electrons. The topological polar surface area (TPSA) is 126 Å². The SMILES string of the molecule is COc1ccc(C(CNC[C@H](O)c2ccc(O)c(NC(N)=O)c2)c2ccc(OC)cc2)cc1. The number of nitrogens with two attached hydrogens (primary N) is 1. The lowest BCUT2D eigenvalue weighted by Gasteiger charge is -2.21. The molecule has 2 amide bonds. The van der Waals surface area contributed by atoms with Crippen LogP contribution in [0.25, 0.3) is 0 Å². The predicted molar refractivity (Wildman–Crippen MR) is 127 cm³/mol. The molecule has 0 unspecified atom stereocenters. The van der Waals surface area contributed by atoms with Crippen LogP contribution in [0.2, 0.25) is 0 Å². The third-order valence-corrected chi connectivity index (χ3v) is 5.39. The molecule has 3 aromatic carbocycles. The van der Waals surface area contributed by atoms with Gasteiger partial charge in [0.2, 0.25) is 0 Å². The summed E-state index contributed by atoms with van der Waals surface area (Å²) in [5.74, 6) is 1.46. The van der Waals surface area contributed by atoms with Crippen molar-refractivity contribution in [2.24, 2.45) is 5.73 Å². The van der Waals surface area contributed by atoms with E-state index in [2.05, 4.69) is 10.6 Å². The fraction of sp³-hybridized carbons (Fsp3) is 0.240. The zero-order valence-corrected chi connectivity index (χ0v) is 18.6. The van der Waals surface area contributed by atoms with E-state index < -0.39 is 12.1 Å². The van der Waals surface area contributed by atoms with Gasteiger partial charge in [-0.1, -0.05) is 30.3 Å². The number of ether oxygens (including phenoxy) is 2. The maximum absolute atomic E-state index is 11.1. The molecule has 0 saturated heterocycles. The number of hydrogen-bond acceptors (Lipinski definition) is 6. The number of methoxy groups -OCH3 is 2. The zero-order chi connectivity index (χ0) is 23.8. The number of amides is 2. The lowest BCUT2D eigenvalue weighted by Crippen LogP contribution is -2.27. The second-order valence-corrected chi connectivity index (χ2v) is 7.54. The number of carbonyl (C=O) groups is 1. The van der Waals surface area contributed by atoms with Gasteiger partial charge in [-0.3, -0.25) is 0 Å². The monoisotopic (exact) mass is 451 g/mol. The molecule has 8 heteroatoms. The van der Waals surface area contributed by atoms with Crippen molar-refractivity contribution in [2.75, 3.05) is 32.6 Å². The first-order valence-corrected chi connectivity index (χ1v) is 10.5. The molecule has 0 heterocycles. The summed E-state index contributed by atoms with van der Waals surface area (Å²) in [6, 6.07) is 19.5. The minimum Gasteiger partial charge on any atom is -0.506 e. The number of benzene rings is 3. The Labute approximate surface area is 193 Å². The third-order valence-electron chi connectivity index (χ3n) is 5.39. The number of anilines is 1. The Morgan fingerprint density at radius 2 is 1.39 bits per heavy atom. The van der Waals surface area contributed by atoms with Crippen LogP contribution in [0.3, 0.4) is 0 Å².